The molecule has 0 N–H and O–H groups in total. The second-order valence-corrected chi connectivity index (χ2v) is 3.96. The van der Waals surface area contributed by atoms with E-state index in [-0.39, 0.29) is 5.69 Å². The van der Waals surface area contributed by atoms with Gasteiger partial charge in [-0.3, -0.25) is 0 Å². The zero-order chi connectivity index (χ0) is 13.9. The Labute approximate surface area is 114 Å². The first-order valence-corrected chi connectivity index (χ1v) is 5.88. The minimum absolute atomic E-state index is 0.200. The maximum Gasteiger partial charge on any atom is 0.194 e. The van der Waals surface area contributed by atoms with E-state index in [0.29, 0.717) is 22.9 Å². The van der Waals surface area contributed by atoms with Crippen LogP contribution in [0.5, 0.6) is 5.75 Å². The summed E-state index contributed by atoms with van der Waals surface area (Å²) in [5.74, 6) is 1.16. The van der Waals surface area contributed by atoms with Crippen molar-refractivity contribution in [2.75, 3.05) is 7.11 Å². The summed E-state index contributed by atoms with van der Waals surface area (Å²) in [4.78, 5) is 0. The van der Waals surface area contributed by atoms with E-state index >= 15 is 0 Å². The van der Waals surface area contributed by atoms with Crippen molar-refractivity contribution in [2.45, 2.75) is 0 Å². The Balaban J connectivity index is 2.26. The van der Waals surface area contributed by atoms with Crippen LogP contribution in [-0.2, 0) is 0 Å². The molecule has 0 radical (unpaired) electrons. The fourth-order valence-corrected chi connectivity index (χ4v) is 1.96. The van der Waals surface area contributed by atoms with Crippen LogP contribution in [0.15, 0.2) is 47.1 Å². The number of ether oxygens (including phenoxy) is 1. The summed E-state index contributed by atoms with van der Waals surface area (Å²) in [5.41, 5.74) is 1.39. The monoisotopic (exact) mass is 266 g/mol. The molecule has 2 aromatic heterocycles. The van der Waals surface area contributed by atoms with Crippen molar-refractivity contribution in [3.63, 3.8) is 0 Å². The highest BCUT2D eigenvalue weighted by Crippen LogP contribution is 2.29. The molecule has 0 fully saturated rings. The van der Waals surface area contributed by atoms with Crippen LogP contribution < -0.4 is 4.74 Å². The molecule has 6 nitrogen and oxygen atoms in total. The number of furan rings is 1. The molecule has 0 aliphatic carbocycles. The van der Waals surface area contributed by atoms with E-state index < -0.39 is 0 Å². The first-order valence-electron chi connectivity index (χ1n) is 5.88. The van der Waals surface area contributed by atoms with Crippen LogP contribution in [0.2, 0.25) is 0 Å². The Hall–Kier alpha value is -3.07. The highest BCUT2D eigenvalue weighted by atomic mass is 16.5. The SMILES string of the molecule is COc1ccccc1-n1nnc(C#N)c1-c1ccco1. The summed E-state index contributed by atoms with van der Waals surface area (Å²) in [6, 6.07) is 12.9. The van der Waals surface area contributed by atoms with E-state index in [4.69, 9.17) is 14.4 Å². The molecule has 6 heteroatoms. The molecule has 20 heavy (non-hydrogen) atoms. The van der Waals surface area contributed by atoms with Crippen LogP contribution >= 0.6 is 0 Å². The average Bonchev–Trinajstić information content (AvgIpc) is 3.15. The lowest BCUT2D eigenvalue weighted by atomic mass is 10.2. The van der Waals surface area contributed by atoms with Crippen molar-refractivity contribution in [3.8, 4) is 29.0 Å². The smallest absolute Gasteiger partial charge is 0.194 e. The van der Waals surface area contributed by atoms with Gasteiger partial charge in [0.25, 0.3) is 0 Å². The number of rotatable bonds is 3. The quantitative estimate of drug-likeness (QED) is 0.727. The summed E-state index contributed by atoms with van der Waals surface area (Å²) in [6.45, 7) is 0. The van der Waals surface area contributed by atoms with Gasteiger partial charge in [-0.15, -0.1) is 5.10 Å². The molecule has 0 atom stereocenters. The Kier molecular flexibility index (Phi) is 2.94. The van der Waals surface area contributed by atoms with Crippen molar-refractivity contribution in [3.05, 3.63) is 48.4 Å². The second-order valence-electron chi connectivity index (χ2n) is 3.96. The van der Waals surface area contributed by atoms with E-state index in [1.165, 1.54) is 10.9 Å². The first kappa shape index (κ1) is 12.0. The zero-order valence-corrected chi connectivity index (χ0v) is 10.6. The van der Waals surface area contributed by atoms with Crippen LogP contribution in [-0.4, -0.2) is 22.1 Å². The fraction of sp³-hybridized carbons (Fsp3) is 0.0714. The molecule has 0 bridgehead atoms. The van der Waals surface area contributed by atoms with E-state index in [1.54, 1.807) is 19.2 Å². The fourth-order valence-electron chi connectivity index (χ4n) is 1.96. The lowest BCUT2D eigenvalue weighted by Crippen LogP contribution is -2.02. The van der Waals surface area contributed by atoms with Gasteiger partial charge in [-0.1, -0.05) is 17.3 Å². The molecule has 0 amide bonds. The van der Waals surface area contributed by atoms with Crippen LogP contribution in [0.4, 0.5) is 0 Å². The van der Waals surface area contributed by atoms with Gasteiger partial charge in [-0.05, 0) is 24.3 Å². The zero-order valence-electron chi connectivity index (χ0n) is 10.6. The molecule has 0 aliphatic rings. The highest BCUT2D eigenvalue weighted by Gasteiger charge is 2.20. The number of nitrogens with zero attached hydrogens (tertiary/aromatic N) is 4. The number of para-hydroxylation sites is 2. The molecule has 0 saturated carbocycles. The lowest BCUT2D eigenvalue weighted by molar-refractivity contribution is 0.411. The van der Waals surface area contributed by atoms with Crippen molar-refractivity contribution in [1.82, 2.24) is 15.0 Å². The molecule has 3 aromatic rings. The molecule has 2 heterocycles. The predicted octanol–water partition coefficient (Wildman–Crippen LogP) is 2.41. The van der Waals surface area contributed by atoms with Gasteiger partial charge < -0.3 is 9.15 Å². The van der Waals surface area contributed by atoms with E-state index in [9.17, 15) is 0 Å². The van der Waals surface area contributed by atoms with Gasteiger partial charge in [0.2, 0.25) is 0 Å². The van der Waals surface area contributed by atoms with Crippen molar-refractivity contribution < 1.29 is 9.15 Å². The highest BCUT2D eigenvalue weighted by molar-refractivity contribution is 5.63. The molecular formula is C14H10N4O2. The molecule has 0 aliphatic heterocycles. The maximum absolute atomic E-state index is 9.17. The second kappa shape index (κ2) is 4.90. The number of hydrogen-bond donors (Lipinski definition) is 0. The van der Waals surface area contributed by atoms with E-state index in [0.717, 1.165) is 0 Å². The largest absolute Gasteiger partial charge is 0.494 e. The Morgan fingerprint density at radius 1 is 1.25 bits per heavy atom. The van der Waals surface area contributed by atoms with Crippen LogP contribution in [0.3, 0.4) is 0 Å². The molecular weight excluding hydrogens is 256 g/mol. The van der Waals surface area contributed by atoms with Crippen molar-refractivity contribution in [1.29, 1.82) is 5.26 Å². The van der Waals surface area contributed by atoms with Crippen LogP contribution in [0, 0.1) is 11.3 Å². The number of aromatic nitrogens is 3. The van der Waals surface area contributed by atoms with Gasteiger partial charge in [-0.25, -0.2) is 4.68 Å². The summed E-state index contributed by atoms with van der Waals surface area (Å²) in [7, 11) is 1.58. The van der Waals surface area contributed by atoms with Gasteiger partial charge in [0.15, 0.2) is 11.5 Å². The minimum Gasteiger partial charge on any atom is -0.494 e. The first-order chi connectivity index (χ1) is 9.85. The third-order valence-corrected chi connectivity index (χ3v) is 2.84. The summed E-state index contributed by atoms with van der Waals surface area (Å²) < 4.78 is 12.2. The summed E-state index contributed by atoms with van der Waals surface area (Å²) in [5, 5.41) is 17.1. The third kappa shape index (κ3) is 1.82. The lowest BCUT2D eigenvalue weighted by Gasteiger charge is -2.09. The Bertz CT molecular complexity index is 769. The normalized spacial score (nSPS) is 10.2. The Morgan fingerprint density at radius 2 is 2.10 bits per heavy atom. The third-order valence-electron chi connectivity index (χ3n) is 2.84. The van der Waals surface area contributed by atoms with Crippen LogP contribution in [0.25, 0.3) is 17.1 Å². The van der Waals surface area contributed by atoms with Crippen molar-refractivity contribution in [2.24, 2.45) is 0 Å². The summed E-state index contributed by atoms with van der Waals surface area (Å²) >= 11 is 0. The van der Waals surface area contributed by atoms with E-state index in [2.05, 4.69) is 10.3 Å². The molecule has 1 aromatic carbocycles. The minimum atomic E-state index is 0.200. The van der Waals surface area contributed by atoms with Gasteiger partial charge in [0.1, 0.15) is 23.2 Å². The number of hydrogen-bond acceptors (Lipinski definition) is 5. The molecule has 3 rings (SSSR count). The number of methoxy groups -OCH3 is 1. The number of benzene rings is 1. The Morgan fingerprint density at radius 3 is 2.80 bits per heavy atom. The predicted molar refractivity (Wildman–Crippen MR) is 70.3 cm³/mol. The van der Waals surface area contributed by atoms with Gasteiger partial charge in [-0.2, -0.15) is 5.26 Å². The number of nitriles is 1. The molecule has 98 valence electrons. The van der Waals surface area contributed by atoms with Gasteiger partial charge in [0, 0.05) is 0 Å². The molecule has 0 spiro atoms. The average molecular weight is 266 g/mol. The molecule has 0 saturated heterocycles. The van der Waals surface area contributed by atoms with E-state index in [1.807, 2.05) is 30.3 Å². The topological polar surface area (TPSA) is 76.9 Å². The van der Waals surface area contributed by atoms with Gasteiger partial charge >= 0.3 is 0 Å². The standard InChI is InChI=1S/C14H10N4O2/c1-19-12-6-3-2-5-11(12)18-14(10(9-15)16-17-18)13-7-4-8-20-13/h2-8H,1H3. The van der Waals surface area contributed by atoms with Crippen LogP contribution in [0.1, 0.15) is 5.69 Å². The summed E-state index contributed by atoms with van der Waals surface area (Å²) in [6.07, 6.45) is 1.54. The van der Waals surface area contributed by atoms with Crippen molar-refractivity contribution >= 4 is 0 Å². The van der Waals surface area contributed by atoms with Gasteiger partial charge in [0.05, 0.1) is 13.4 Å². The maximum atomic E-state index is 9.17. The molecule has 0 unspecified atom stereocenters.